The fourth-order valence-corrected chi connectivity index (χ4v) is 3.41. The van der Waals surface area contributed by atoms with Crippen molar-refractivity contribution < 1.29 is 48.3 Å². The zero-order chi connectivity index (χ0) is 27.9. The minimum atomic E-state index is -1.11. The van der Waals surface area contributed by atoms with Gasteiger partial charge in [-0.25, -0.2) is 19.2 Å². The molecular weight excluding hydrogens is 500 g/mol. The van der Waals surface area contributed by atoms with Crippen molar-refractivity contribution in [3.05, 3.63) is 71.8 Å². The molecule has 0 radical (unpaired) electrons. The van der Waals surface area contributed by atoms with Gasteiger partial charge >= 0.3 is 24.1 Å². The average molecular weight is 533 g/mol. The lowest BCUT2D eigenvalue weighted by Crippen LogP contribution is -2.44. The van der Waals surface area contributed by atoms with Crippen molar-refractivity contribution in [2.24, 2.45) is 0 Å². The van der Waals surface area contributed by atoms with Crippen LogP contribution in [-0.4, -0.2) is 84.8 Å². The first kappa shape index (κ1) is 30.1. The summed E-state index contributed by atoms with van der Waals surface area (Å²) in [6.07, 6.45) is -1.97. The number of aliphatic hydroxyl groups excluding tert-OH is 2. The number of hydrogen-bond donors (Lipinski definition) is 3. The van der Waals surface area contributed by atoms with Gasteiger partial charge in [-0.3, -0.25) is 4.90 Å². The van der Waals surface area contributed by atoms with E-state index in [1.54, 1.807) is 12.1 Å². The van der Waals surface area contributed by atoms with E-state index in [1.807, 2.05) is 48.5 Å². The van der Waals surface area contributed by atoms with Crippen LogP contribution in [0.4, 0.5) is 9.59 Å². The highest BCUT2D eigenvalue weighted by Gasteiger charge is 2.40. The number of methoxy groups -OCH3 is 2. The van der Waals surface area contributed by atoms with Gasteiger partial charge in [-0.15, -0.1) is 0 Å². The Bertz CT molecular complexity index is 1030. The van der Waals surface area contributed by atoms with Crippen molar-refractivity contribution in [3.63, 3.8) is 0 Å². The second-order valence-electron chi connectivity index (χ2n) is 8.09. The first-order chi connectivity index (χ1) is 18.3. The molecule has 1 aliphatic heterocycles. The number of carbonyl (C=O) groups excluding carboxylic acids is 4. The van der Waals surface area contributed by atoms with E-state index in [0.29, 0.717) is 0 Å². The molecule has 0 unspecified atom stereocenters. The highest BCUT2D eigenvalue weighted by Crippen LogP contribution is 2.20. The third kappa shape index (κ3) is 9.71. The Labute approximate surface area is 220 Å². The summed E-state index contributed by atoms with van der Waals surface area (Å²) in [6, 6.07) is 16.4. The van der Waals surface area contributed by atoms with Crippen LogP contribution >= 0.6 is 0 Å². The predicted molar refractivity (Wildman–Crippen MR) is 132 cm³/mol. The molecule has 2 aromatic carbocycles. The number of carbonyl (C=O) groups is 4. The normalized spacial score (nSPS) is 16.8. The molecule has 2 amide bonds. The van der Waals surface area contributed by atoms with E-state index in [4.69, 9.17) is 14.6 Å². The number of benzene rings is 2. The monoisotopic (exact) mass is 532 g/mol. The summed E-state index contributed by atoms with van der Waals surface area (Å²) in [5, 5.41) is 20.7. The molecule has 3 N–H and O–H groups in total. The van der Waals surface area contributed by atoms with E-state index < -0.39 is 48.9 Å². The van der Waals surface area contributed by atoms with Gasteiger partial charge in [0.1, 0.15) is 19.3 Å². The Kier molecular flexibility index (Phi) is 12.5. The van der Waals surface area contributed by atoms with Crippen LogP contribution in [0.15, 0.2) is 60.7 Å². The van der Waals surface area contributed by atoms with Crippen molar-refractivity contribution in [1.29, 1.82) is 0 Å². The number of rotatable bonds is 8. The van der Waals surface area contributed by atoms with Gasteiger partial charge in [-0.1, -0.05) is 60.7 Å². The fourth-order valence-electron chi connectivity index (χ4n) is 3.41. The second kappa shape index (κ2) is 15.8. The first-order valence-corrected chi connectivity index (χ1v) is 11.7. The molecule has 1 fully saturated rings. The van der Waals surface area contributed by atoms with Gasteiger partial charge in [0, 0.05) is 6.42 Å². The molecular formula is C26H32N2O10. The number of esters is 2. The van der Waals surface area contributed by atoms with Gasteiger partial charge in [0.05, 0.1) is 33.5 Å². The summed E-state index contributed by atoms with van der Waals surface area (Å²) in [5.41, 5.74) is 1.68. The Morgan fingerprint density at radius 3 is 1.97 bits per heavy atom. The van der Waals surface area contributed by atoms with Crippen LogP contribution < -0.4 is 5.32 Å². The molecule has 0 aliphatic carbocycles. The van der Waals surface area contributed by atoms with Crippen LogP contribution in [0.2, 0.25) is 0 Å². The maximum atomic E-state index is 12.0. The number of nitrogens with zero attached hydrogens (tertiary/aromatic N) is 1. The van der Waals surface area contributed by atoms with E-state index in [1.165, 1.54) is 19.1 Å². The SMILES string of the molecule is COC(=O)[C@@H]1C[C@@H](O)CN1C(=O)OCc1ccccc1.COC(=O)[C@H](CO)NC(=O)OCc1ccccc1. The number of amides is 2. The largest absolute Gasteiger partial charge is 0.467 e. The van der Waals surface area contributed by atoms with Crippen molar-refractivity contribution in [2.75, 3.05) is 27.4 Å². The van der Waals surface area contributed by atoms with Crippen LogP contribution in [0.1, 0.15) is 17.5 Å². The number of likely N-dealkylation sites (tertiary alicyclic amines) is 1. The predicted octanol–water partition coefficient (Wildman–Crippen LogP) is 1.38. The van der Waals surface area contributed by atoms with Crippen LogP contribution in [-0.2, 0) is 41.8 Å². The molecule has 0 bridgehead atoms. The Hall–Kier alpha value is -4.16. The summed E-state index contributed by atoms with van der Waals surface area (Å²) in [5.74, 6) is -1.27. The molecule has 1 aliphatic rings. The zero-order valence-corrected chi connectivity index (χ0v) is 21.1. The van der Waals surface area contributed by atoms with Gasteiger partial charge in [-0.05, 0) is 11.1 Å². The number of β-amino-alcohol motifs (C(OH)–C–C–N with tert-alkyl or cyclic N) is 1. The van der Waals surface area contributed by atoms with Crippen LogP contribution in [0.5, 0.6) is 0 Å². The van der Waals surface area contributed by atoms with E-state index in [9.17, 15) is 24.3 Å². The lowest BCUT2D eigenvalue weighted by molar-refractivity contribution is -0.145. The molecule has 1 heterocycles. The first-order valence-electron chi connectivity index (χ1n) is 11.7. The standard InChI is InChI=1S/C14H17NO5.C12H15NO5/c1-19-13(17)12-7-11(16)8-15(12)14(18)20-9-10-5-3-2-4-6-10;1-17-11(15)10(7-14)13-12(16)18-8-9-5-3-2-4-6-9/h2-6,11-12,16H,7-9H2,1H3;2-6,10,14H,7-8H2,1H3,(H,13,16)/t11-,12+;10-/m10/s1. The molecule has 0 saturated carbocycles. The highest BCUT2D eigenvalue weighted by molar-refractivity contribution is 5.82. The van der Waals surface area contributed by atoms with E-state index >= 15 is 0 Å². The topological polar surface area (TPSA) is 161 Å². The van der Waals surface area contributed by atoms with Crippen LogP contribution in [0, 0.1) is 0 Å². The third-order valence-corrected chi connectivity index (χ3v) is 5.37. The lowest BCUT2D eigenvalue weighted by atomic mass is 10.2. The maximum absolute atomic E-state index is 12.0. The Morgan fingerprint density at radius 1 is 0.921 bits per heavy atom. The van der Waals surface area contributed by atoms with Crippen LogP contribution in [0.3, 0.4) is 0 Å². The van der Waals surface area contributed by atoms with Crippen molar-refractivity contribution in [1.82, 2.24) is 10.2 Å². The number of nitrogens with one attached hydrogen (secondary N) is 1. The van der Waals surface area contributed by atoms with E-state index in [-0.39, 0.29) is 26.2 Å². The lowest BCUT2D eigenvalue weighted by Gasteiger charge is -2.21. The molecule has 206 valence electrons. The molecule has 12 heteroatoms. The third-order valence-electron chi connectivity index (χ3n) is 5.37. The van der Waals surface area contributed by atoms with Gasteiger partial charge in [0.2, 0.25) is 0 Å². The number of alkyl carbamates (subject to hydrolysis) is 1. The zero-order valence-electron chi connectivity index (χ0n) is 21.1. The molecule has 12 nitrogen and oxygen atoms in total. The summed E-state index contributed by atoms with van der Waals surface area (Å²) in [4.78, 5) is 47.2. The minimum absolute atomic E-state index is 0.0768. The van der Waals surface area contributed by atoms with Gasteiger partial charge in [-0.2, -0.15) is 0 Å². The molecule has 38 heavy (non-hydrogen) atoms. The molecule has 0 spiro atoms. The summed E-state index contributed by atoms with van der Waals surface area (Å²) in [6.45, 7) is -0.257. The maximum Gasteiger partial charge on any atom is 0.410 e. The second-order valence-corrected chi connectivity index (χ2v) is 8.09. The fraction of sp³-hybridized carbons (Fsp3) is 0.385. The number of ether oxygens (including phenoxy) is 4. The highest BCUT2D eigenvalue weighted by atomic mass is 16.6. The quantitative estimate of drug-likeness (QED) is 0.335. The molecule has 3 atom stereocenters. The molecule has 2 aromatic rings. The molecule has 3 rings (SSSR count). The van der Waals surface area contributed by atoms with Crippen molar-refractivity contribution in [3.8, 4) is 0 Å². The number of hydrogen-bond acceptors (Lipinski definition) is 10. The molecule has 1 saturated heterocycles. The number of aliphatic hydroxyl groups is 2. The van der Waals surface area contributed by atoms with E-state index in [0.717, 1.165) is 11.1 Å². The Morgan fingerprint density at radius 2 is 1.47 bits per heavy atom. The average Bonchev–Trinajstić information content (AvgIpc) is 3.35. The van der Waals surface area contributed by atoms with E-state index in [2.05, 4.69) is 14.8 Å². The Balaban J connectivity index is 0.000000269. The summed E-state index contributed by atoms with van der Waals surface area (Å²) >= 11 is 0. The summed E-state index contributed by atoms with van der Waals surface area (Å²) < 4.78 is 19.1. The summed E-state index contributed by atoms with van der Waals surface area (Å²) in [7, 11) is 2.42. The van der Waals surface area contributed by atoms with Crippen LogP contribution in [0.25, 0.3) is 0 Å². The van der Waals surface area contributed by atoms with Crippen molar-refractivity contribution in [2.45, 2.75) is 37.8 Å². The van der Waals surface area contributed by atoms with Gasteiger partial charge in [0.25, 0.3) is 0 Å². The van der Waals surface area contributed by atoms with Crippen molar-refractivity contribution >= 4 is 24.1 Å². The van der Waals surface area contributed by atoms with Gasteiger partial charge in [0.15, 0.2) is 6.04 Å². The van der Waals surface area contributed by atoms with Gasteiger partial charge < -0.3 is 34.5 Å². The smallest absolute Gasteiger partial charge is 0.410 e. The minimum Gasteiger partial charge on any atom is -0.467 e. The molecule has 0 aromatic heterocycles.